The molecular formula is C26H28F3N3O2S. The topological polar surface area (TPSA) is 75.1 Å². The Hall–Kier alpha value is -2.52. The van der Waals surface area contributed by atoms with E-state index in [1.807, 2.05) is 0 Å². The summed E-state index contributed by atoms with van der Waals surface area (Å²) in [5.41, 5.74) is -0.688. The Labute approximate surface area is 205 Å². The zero-order chi connectivity index (χ0) is 25.0. The summed E-state index contributed by atoms with van der Waals surface area (Å²) in [7, 11) is 0. The average molecular weight is 504 g/mol. The number of alkyl halides is 3. The van der Waals surface area contributed by atoms with Crippen molar-refractivity contribution in [2.24, 2.45) is 5.41 Å². The van der Waals surface area contributed by atoms with Gasteiger partial charge >= 0.3 is 6.18 Å². The highest BCUT2D eigenvalue weighted by atomic mass is 32.1. The highest BCUT2D eigenvalue weighted by Gasteiger charge is 2.41. The normalized spacial score (nSPS) is 18.6. The van der Waals surface area contributed by atoms with Crippen LogP contribution in [0.25, 0.3) is 10.2 Å². The number of aliphatic hydroxyl groups is 1. The van der Waals surface area contributed by atoms with Crippen LogP contribution in [0.1, 0.15) is 91.5 Å². The average Bonchev–Trinajstić information content (AvgIpc) is 3.19. The van der Waals surface area contributed by atoms with Gasteiger partial charge in [-0.2, -0.15) is 13.2 Å². The molecule has 2 aliphatic rings. The van der Waals surface area contributed by atoms with E-state index in [4.69, 9.17) is 4.98 Å². The zero-order valence-corrected chi connectivity index (χ0v) is 20.5. The molecule has 2 aliphatic carbocycles. The largest absolute Gasteiger partial charge is 0.433 e. The van der Waals surface area contributed by atoms with Crippen LogP contribution in [0.3, 0.4) is 0 Å². The van der Waals surface area contributed by atoms with E-state index < -0.39 is 23.4 Å². The van der Waals surface area contributed by atoms with Gasteiger partial charge in [-0.25, -0.2) is 9.97 Å². The number of rotatable bonds is 4. The van der Waals surface area contributed by atoms with Gasteiger partial charge < -0.3 is 10.4 Å². The fourth-order valence-corrected chi connectivity index (χ4v) is 6.49. The molecule has 2 heterocycles. The van der Waals surface area contributed by atoms with Gasteiger partial charge in [0.2, 0.25) is 0 Å². The van der Waals surface area contributed by atoms with Crippen molar-refractivity contribution in [1.29, 1.82) is 0 Å². The van der Waals surface area contributed by atoms with E-state index in [0.29, 0.717) is 22.6 Å². The highest BCUT2D eigenvalue weighted by Crippen LogP contribution is 2.55. The standard InChI is InChI=1S/C26H28F3N3O2S/c1-24(2,34)16-13-19-20(35-23(32-19)15-7-11-25(12-8-15)9-4-10-25)14-18(16)31-22(33)17-5-3-6-21(30-17)26(27,28)29/h3,5-6,13-15,34H,4,7-12H2,1-2H3,(H,31,33). The summed E-state index contributed by atoms with van der Waals surface area (Å²) in [4.78, 5) is 21.2. The number of carbonyl (C=O) groups excluding carboxylic acids is 1. The van der Waals surface area contributed by atoms with E-state index in [9.17, 15) is 23.1 Å². The number of hydrogen-bond donors (Lipinski definition) is 2. The molecule has 2 aromatic heterocycles. The fraction of sp³-hybridized carbons (Fsp3) is 0.500. The van der Waals surface area contributed by atoms with Crippen molar-refractivity contribution in [3.8, 4) is 0 Å². The number of nitrogens with zero attached hydrogens (tertiary/aromatic N) is 2. The lowest BCUT2D eigenvalue weighted by Crippen LogP contribution is -2.33. The number of anilines is 1. The third-order valence-corrected chi connectivity index (χ3v) is 8.71. The highest BCUT2D eigenvalue weighted by molar-refractivity contribution is 7.18. The Bertz CT molecular complexity index is 1270. The van der Waals surface area contributed by atoms with Gasteiger partial charge in [0, 0.05) is 17.2 Å². The van der Waals surface area contributed by atoms with Gasteiger partial charge in [-0.15, -0.1) is 11.3 Å². The predicted molar refractivity (Wildman–Crippen MR) is 130 cm³/mol. The molecule has 3 aromatic rings. The van der Waals surface area contributed by atoms with E-state index >= 15 is 0 Å². The van der Waals surface area contributed by atoms with Crippen LogP contribution in [0.15, 0.2) is 30.3 Å². The minimum atomic E-state index is -4.65. The van der Waals surface area contributed by atoms with Crippen molar-refractivity contribution in [2.75, 3.05) is 5.32 Å². The van der Waals surface area contributed by atoms with Gasteiger partial charge in [0.25, 0.3) is 5.91 Å². The number of fused-ring (bicyclic) bond motifs is 1. The van der Waals surface area contributed by atoms with Crippen LogP contribution in [0.4, 0.5) is 18.9 Å². The van der Waals surface area contributed by atoms with Crippen LogP contribution >= 0.6 is 11.3 Å². The van der Waals surface area contributed by atoms with Crippen LogP contribution in [0.2, 0.25) is 0 Å². The number of carbonyl (C=O) groups is 1. The fourth-order valence-electron chi connectivity index (χ4n) is 5.34. The Morgan fingerprint density at radius 2 is 1.83 bits per heavy atom. The van der Waals surface area contributed by atoms with Gasteiger partial charge in [0.15, 0.2) is 0 Å². The molecule has 1 spiro atoms. The first-order valence-electron chi connectivity index (χ1n) is 12.0. The molecule has 0 radical (unpaired) electrons. The molecule has 1 amide bonds. The SMILES string of the molecule is CC(C)(O)c1cc2nc(C3CCC4(CCC4)CC3)sc2cc1NC(=O)c1cccc(C(F)(F)F)n1. The summed E-state index contributed by atoms with van der Waals surface area (Å²) >= 11 is 1.58. The number of nitrogens with one attached hydrogen (secondary N) is 1. The van der Waals surface area contributed by atoms with Gasteiger partial charge in [-0.3, -0.25) is 4.79 Å². The van der Waals surface area contributed by atoms with E-state index in [1.54, 1.807) is 37.3 Å². The number of pyridine rings is 1. The maximum absolute atomic E-state index is 13.0. The summed E-state index contributed by atoms with van der Waals surface area (Å²) in [6.07, 6.45) is 4.13. The minimum absolute atomic E-state index is 0.335. The Morgan fingerprint density at radius 3 is 2.43 bits per heavy atom. The van der Waals surface area contributed by atoms with Crippen LogP contribution in [-0.2, 0) is 11.8 Å². The van der Waals surface area contributed by atoms with Crippen LogP contribution in [-0.4, -0.2) is 21.0 Å². The molecule has 1 aromatic carbocycles. The zero-order valence-electron chi connectivity index (χ0n) is 19.7. The van der Waals surface area contributed by atoms with Crippen LogP contribution in [0.5, 0.6) is 0 Å². The number of aromatic nitrogens is 2. The quantitative estimate of drug-likeness (QED) is 0.401. The van der Waals surface area contributed by atoms with Crippen molar-refractivity contribution in [3.05, 3.63) is 52.3 Å². The first kappa shape index (κ1) is 24.2. The first-order valence-corrected chi connectivity index (χ1v) is 12.8. The number of amides is 1. The Morgan fingerprint density at radius 1 is 1.11 bits per heavy atom. The molecule has 0 atom stereocenters. The molecule has 2 fully saturated rings. The Kier molecular flexibility index (Phi) is 5.91. The van der Waals surface area contributed by atoms with Crippen LogP contribution < -0.4 is 5.32 Å². The first-order chi connectivity index (χ1) is 16.4. The molecule has 5 rings (SSSR count). The third-order valence-electron chi connectivity index (χ3n) is 7.53. The molecule has 0 unspecified atom stereocenters. The Balaban J connectivity index is 1.44. The lowest BCUT2D eigenvalue weighted by atomic mass is 9.59. The van der Waals surface area contributed by atoms with Crippen molar-refractivity contribution >= 4 is 33.1 Å². The van der Waals surface area contributed by atoms with Crippen LogP contribution in [0, 0.1) is 5.41 Å². The number of thiazole rings is 1. The van der Waals surface area contributed by atoms with Gasteiger partial charge in [0.05, 0.1) is 20.8 Å². The molecule has 0 bridgehead atoms. The molecular weight excluding hydrogens is 475 g/mol. The van der Waals surface area contributed by atoms with Gasteiger partial charge in [0.1, 0.15) is 11.4 Å². The number of halogens is 3. The van der Waals surface area contributed by atoms with Crippen molar-refractivity contribution in [1.82, 2.24) is 9.97 Å². The minimum Gasteiger partial charge on any atom is -0.386 e. The summed E-state index contributed by atoms with van der Waals surface area (Å²) in [5, 5.41) is 14.5. The van der Waals surface area contributed by atoms with E-state index in [1.165, 1.54) is 38.2 Å². The maximum Gasteiger partial charge on any atom is 0.433 e. The second-order valence-electron chi connectivity index (χ2n) is 10.5. The number of hydrogen-bond acceptors (Lipinski definition) is 5. The molecule has 186 valence electrons. The van der Waals surface area contributed by atoms with Gasteiger partial charge in [-0.1, -0.05) is 12.5 Å². The summed E-state index contributed by atoms with van der Waals surface area (Å²) in [6, 6.07) is 6.72. The molecule has 2 N–H and O–H groups in total. The second kappa shape index (κ2) is 8.55. The molecule has 35 heavy (non-hydrogen) atoms. The van der Waals surface area contributed by atoms with Crippen molar-refractivity contribution in [3.63, 3.8) is 0 Å². The van der Waals surface area contributed by atoms with E-state index in [-0.39, 0.29) is 5.69 Å². The number of benzene rings is 1. The van der Waals surface area contributed by atoms with Crippen molar-refractivity contribution in [2.45, 2.75) is 76.5 Å². The molecule has 9 heteroatoms. The van der Waals surface area contributed by atoms with Crippen molar-refractivity contribution < 1.29 is 23.1 Å². The maximum atomic E-state index is 13.0. The monoisotopic (exact) mass is 503 g/mol. The lowest BCUT2D eigenvalue weighted by Gasteiger charge is -2.46. The molecule has 0 aliphatic heterocycles. The summed E-state index contributed by atoms with van der Waals surface area (Å²) in [5.74, 6) is -0.361. The van der Waals surface area contributed by atoms with Gasteiger partial charge in [-0.05, 0) is 82.1 Å². The third kappa shape index (κ3) is 4.80. The molecule has 0 saturated heterocycles. The smallest absolute Gasteiger partial charge is 0.386 e. The predicted octanol–water partition coefficient (Wildman–Crippen LogP) is 7.02. The van der Waals surface area contributed by atoms with E-state index in [2.05, 4.69) is 10.3 Å². The summed E-state index contributed by atoms with van der Waals surface area (Å²) in [6.45, 7) is 3.19. The lowest BCUT2D eigenvalue weighted by molar-refractivity contribution is -0.141. The second-order valence-corrected chi connectivity index (χ2v) is 11.5. The molecule has 2 saturated carbocycles. The summed E-state index contributed by atoms with van der Waals surface area (Å²) < 4.78 is 40.0. The molecule has 5 nitrogen and oxygen atoms in total. The van der Waals surface area contributed by atoms with E-state index in [0.717, 1.165) is 40.2 Å².